The lowest BCUT2D eigenvalue weighted by Crippen LogP contribution is -2.65. The van der Waals surface area contributed by atoms with Crippen LogP contribution in [0.1, 0.15) is 48.8 Å². The molecule has 7 N–H and O–H groups in total. The van der Waals surface area contributed by atoms with Gasteiger partial charge in [0.2, 0.25) is 5.78 Å². The first kappa shape index (κ1) is 28.1. The van der Waals surface area contributed by atoms with Gasteiger partial charge in [-0.2, -0.15) is 0 Å². The van der Waals surface area contributed by atoms with E-state index in [1.54, 1.807) is 14.1 Å². The highest BCUT2D eigenvalue weighted by Gasteiger charge is 2.64. The molecule has 0 saturated heterocycles. The first-order valence-corrected chi connectivity index (χ1v) is 13.7. The van der Waals surface area contributed by atoms with Gasteiger partial charge in [-0.15, -0.1) is 0 Å². The zero-order valence-corrected chi connectivity index (χ0v) is 23.3. The van der Waals surface area contributed by atoms with E-state index in [0.29, 0.717) is 23.7 Å². The van der Waals surface area contributed by atoms with Crippen LogP contribution in [0, 0.1) is 11.8 Å². The predicted molar refractivity (Wildman–Crippen MR) is 148 cm³/mol. The summed E-state index contributed by atoms with van der Waals surface area (Å²) in [7, 11) is 6.88. The van der Waals surface area contributed by atoms with Crippen molar-refractivity contribution in [3.8, 4) is 5.75 Å². The maximum atomic E-state index is 14.1. The SMILES string of the molecule is CN(C)c1cc(CNC2CCCC2)c(O)c2c1C[C@@H]1C[C@@H]3C(N(C)C)C(=O)C(C(N)=O)=C(O)[C@]3(O)C(=O)C1=C2O. The van der Waals surface area contributed by atoms with Crippen molar-refractivity contribution < 1.29 is 34.8 Å². The molecule has 0 aromatic heterocycles. The van der Waals surface area contributed by atoms with Gasteiger partial charge in [-0.3, -0.25) is 19.3 Å². The third kappa shape index (κ3) is 4.02. The summed E-state index contributed by atoms with van der Waals surface area (Å²) >= 11 is 0. The molecule has 1 amide bonds. The Morgan fingerprint density at radius 2 is 1.77 bits per heavy atom. The van der Waals surface area contributed by atoms with Gasteiger partial charge in [-0.05, 0) is 57.3 Å². The molecular weight excluding hydrogens is 516 g/mol. The molecule has 0 spiro atoms. The topological polar surface area (TPSA) is 177 Å². The van der Waals surface area contributed by atoms with Crippen LogP contribution in [-0.4, -0.2) is 88.7 Å². The molecular formula is C29H38N4O7. The number of carbonyl (C=O) groups is 3. The van der Waals surface area contributed by atoms with Gasteiger partial charge in [0.1, 0.15) is 22.8 Å². The number of aliphatic hydroxyl groups is 3. The monoisotopic (exact) mass is 554 g/mol. The quantitative estimate of drug-likeness (QED) is 0.279. The minimum atomic E-state index is -2.65. The molecule has 1 unspecified atom stereocenters. The van der Waals surface area contributed by atoms with E-state index in [1.807, 2.05) is 25.1 Å². The Kier molecular flexibility index (Phi) is 6.96. The van der Waals surface area contributed by atoms with E-state index < -0.39 is 58.0 Å². The lowest BCUT2D eigenvalue weighted by atomic mass is 9.57. The second-order valence-corrected chi connectivity index (χ2v) is 12.0. The highest BCUT2D eigenvalue weighted by molar-refractivity contribution is 6.24. The predicted octanol–water partition coefficient (Wildman–Crippen LogP) is 1.06. The number of ketones is 2. The Morgan fingerprint density at radius 3 is 2.35 bits per heavy atom. The number of aliphatic hydroxyl groups excluding tert-OH is 2. The van der Waals surface area contributed by atoms with Crippen LogP contribution >= 0.6 is 0 Å². The van der Waals surface area contributed by atoms with Gasteiger partial charge in [0.25, 0.3) is 5.91 Å². The second kappa shape index (κ2) is 9.90. The van der Waals surface area contributed by atoms with Crippen molar-refractivity contribution in [2.75, 3.05) is 33.1 Å². The molecule has 40 heavy (non-hydrogen) atoms. The fourth-order valence-corrected chi connectivity index (χ4v) is 7.26. The fraction of sp³-hybridized carbons (Fsp3) is 0.552. The molecule has 216 valence electrons. The Hall–Kier alpha value is -3.41. The first-order valence-electron chi connectivity index (χ1n) is 13.7. The minimum Gasteiger partial charge on any atom is -0.508 e. The molecule has 0 heterocycles. The van der Waals surface area contributed by atoms with Crippen LogP contribution in [0.5, 0.6) is 5.75 Å². The van der Waals surface area contributed by atoms with Gasteiger partial charge in [0.05, 0.1) is 11.6 Å². The van der Waals surface area contributed by atoms with Gasteiger partial charge in [0, 0.05) is 49.4 Å². The number of amides is 1. The second-order valence-electron chi connectivity index (χ2n) is 12.0. The number of hydrogen-bond donors (Lipinski definition) is 6. The summed E-state index contributed by atoms with van der Waals surface area (Å²) in [5.74, 6) is -6.45. The Bertz CT molecular complexity index is 1360. The van der Waals surface area contributed by atoms with Crippen molar-refractivity contribution in [2.24, 2.45) is 17.6 Å². The van der Waals surface area contributed by atoms with E-state index >= 15 is 0 Å². The summed E-state index contributed by atoms with van der Waals surface area (Å²) in [4.78, 5) is 42.8. The average molecular weight is 555 g/mol. The normalized spacial score (nSPS) is 28.6. The summed E-state index contributed by atoms with van der Waals surface area (Å²) in [5.41, 5.74) is 3.89. The molecule has 11 nitrogen and oxygen atoms in total. The number of nitrogens with zero attached hydrogens (tertiary/aromatic N) is 2. The zero-order chi connectivity index (χ0) is 29.3. The number of phenols is 1. The van der Waals surface area contributed by atoms with E-state index in [9.17, 15) is 34.8 Å². The molecule has 2 fully saturated rings. The summed E-state index contributed by atoms with van der Waals surface area (Å²) < 4.78 is 0. The Balaban J connectivity index is 1.67. The van der Waals surface area contributed by atoms with E-state index in [0.717, 1.165) is 31.4 Å². The number of rotatable bonds is 6. The van der Waals surface area contributed by atoms with Crippen LogP contribution in [-0.2, 0) is 27.3 Å². The number of anilines is 1. The number of primary amides is 1. The highest BCUT2D eigenvalue weighted by Crippen LogP contribution is 2.54. The van der Waals surface area contributed by atoms with E-state index in [-0.39, 0.29) is 29.7 Å². The maximum Gasteiger partial charge on any atom is 0.255 e. The molecule has 2 saturated carbocycles. The van der Waals surface area contributed by atoms with Crippen LogP contribution in [0.15, 0.2) is 23.0 Å². The molecule has 0 radical (unpaired) electrons. The number of phenolic OH excluding ortho intramolecular Hbond substituents is 1. The number of carbonyl (C=O) groups excluding carboxylic acids is 3. The van der Waals surface area contributed by atoms with E-state index in [2.05, 4.69) is 5.32 Å². The molecule has 1 aromatic rings. The van der Waals surface area contributed by atoms with Gasteiger partial charge in [0.15, 0.2) is 11.4 Å². The van der Waals surface area contributed by atoms with Gasteiger partial charge >= 0.3 is 0 Å². The van der Waals surface area contributed by atoms with Crippen molar-refractivity contribution in [3.63, 3.8) is 0 Å². The Labute approximate surface area is 232 Å². The van der Waals surface area contributed by atoms with Gasteiger partial charge in [-0.1, -0.05) is 12.8 Å². The summed E-state index contributed by atoms with van der Waals surface area (Å²) in [5, 5.41) is 49.2. The summed E-state index contributed by atoms with van der Waals surface area (Å²) in [6, 6.07) is 1.12. The van der Waals surface area contributed by atoms with Crippen LogP contribution in [0.25, 0.3) is 5.76 Å². The fourth-order valence-electron chi connectivity index (χ4n) is 7.26. The number of aromatic hydroxyl groups is 1. The number of benzene rings is 1. The third-order valence-corrected chi connectivity index (χ3v) is 9.19. The van der Waals surface area contributed by atoms with E-state index in [1.165, 1.54) is 4.90 Å². The number of fused-ring (bicyclic) bond motifs is 3. The third-order valence-electron chi connectivity index (χ3n) is 9.19. The number of nitrogens with one attached hydrogen (secondary N) is 1. The number of nitrogens with two attached hydrogens (primary N) is 1. The minimum absolute atomic E-state index is 0.0599. The van der Waals surface area contributed by atoms with Crippen molar-refractivity contribution in [3.05, 3.63) is 39.7 Å². The molecule has 4 aliphatic rings. The maximum absolute atomic E-state index is 14.1. The highest BCUT2D eigenvalue weighted by atomic mass is 16.3. The van der Waals surface area contributed by atoms with Crippen molar-refractivity contribution in [1.29, 1.82) is 0 Å². The standard InChI is InChI=1S/C29H38N4O7/c1-32(2)18-11-14(12-31-15-7-5-6-8-15)23(34)20-16(18)9-13-10-17-22(33(3)4)25(36)21(28(30)39)27(38)29(17,40)26(37)19(13)24(20)35/h11,13,15,17,22,31,34-35,38,40H,5-10,12H2,1-4H3,(H2,30,39)/t13-,17-,22?,29-/m1/s1. The molecule has 11 heteroatoms. The molecule has 4 aliphatic carbocycles. The zero-order valence-electron chi connectivity index (χ0n) is 23.3. The van der Waals surface area contributed by atoms with Crippen LogP contribution in [0.2, 0.25) is 0 Å². The number of Topliss-reactive ketones (excluding diaryl/α,β-unsaturated/α-hetero) is 2. The number of likely N-dealkylation sites (N-methyl/N-ethyl adjacent to an activating group) is 1. The average Bonchev–Trinajstić information content (AvgIpc) is 3.39. The van der Waals surface area contributed by atoms with E-state index in [4.69, 9.17) is 5.73 Å². The molecule has 4 atom stereocenters. The molecule has 0 bridgehead atoms. The van der Waals surface area contributed by atoms with Crippen molar-refractivity contribution >= 4 is 28.9 Å². The largest absolute Gasteiger partial charge is 0.508 e. The summed E-state index contributed by atoms with van der Waals surface area (Å²) in [6.07, 6.45) is 4.72. The van der Waals surface area contributed by atoms with Crippen LogP contribution < -0.4 is 16.0 Å². The van der Waals surface area contributed by atoms with Gasteiger partial charge in [-0.25, -0.2) is 0 Å². The number of hydrogen-bond acceptors (Lipinski definition) is 10. The first-order chi connectivity index (χ1) is 18.8. The summed E-state index contributed by atoms with van der Waals surface area (Å²) in [6.45, 7) is 0.370. The van der Waals surface area contributed by atoms with Crippen molar-refractivity contribution in [1.82, 2.24) is 10.2 Å². The van der Waals surface area contributed by atoms with Gasteiger partial charge < -0.3 is 36.4 Å². The molecule has 1 aromatic carbocycles. The Morgan fingerprint density at radius 1 is 1.12 bits per heavy atom. The smallest absolute Gasteiger partial charge is 0.255 e. The van der Waals surface area contributed by atoms with Crippen molar-refractivity contribution in [2.45, 2.75) is 62.8 Å². The van der Waals surface area contributed by atoms with Crippen LogP contribution in [0.3, 0.4) is 0 Å². The van der Waals surface area contributed by atoms with Crippen LogP contribution in [0.4, 0.5) is 5.69 Å². The lowest BCUT2D eigenvalue weighted by Gasteiger charge is -2.50. The molecule has 0 aliphatic heterocycles. The lowest BCUT2D eigenvalue weighted by molar-refractivity contribution is -0.153. The molecule has 5 rings (SSSR count).